The Morgan fingerprint density at radius 2 is 2.17 bits per heavy atom. The smallest absolute Gasteiger partial charge is 0.0624 e. The van der Waals surface area contributed by atoms with Gasteiger partial charge in [0, 0.05) is 9.50 Å². The van der Waals surface area contributed by atoms with Crippen LogP contribution in [0.3, 0.4) is 0 Å². The van der Waals surface area contributed by atoms with Crippen molar-refractivity contribution < 1.29 is 5.11 Å². The van der Waals surface area contributed by atoms with Crippen molar-refractivity contribution in [2.24, 2.45) is 5.73 Å². The minimum Gasteiger partial charge on any atom is -0.394 e. The third-order valence-electron chi connectivity index (χ3n) is 1.51. The van der Waals surface area contributed by atoms with Gasteiger partial charge in [0.2, 0.25) is 0 Å². The summed E-state index contributed by atoms with van der Waals surface area (Å²) in [6.07, 6.45) is 0. The highest BCUT2D eigenvalue weighted by molar-refractivity contribution is 9.10. The van der Waals surface area contributed by atoms with Crippen molar-refractivity contribution in [3.05, 3.63) is 33.3 Å². The van der Waals surface area contributed by atoms with E-state index in [1.807, 2.05) is 6.07 Å². The first kappa shape index (κ1) is 9.99. The van der Waals surface area contributed by atoms with E-state index in [0.29, 0.717) is 5.02 Å². The van der Waals surface area contributed by atoms with Crippen LogP contribution >= 0.6 is 27.5 Å². The molecule has 66 valence electrons. The summed E-state index contributed by atoms with van der Waals surface area (Å²) in [5, 5.41) is 9.40. The molecule has 0 fully saturated rings. The topological polar surface area (TPSA) is 46.2 Å². The van der Waals surface area contributed by atoms with Crippen LogP contribution in [0.15, 0.2) is 22.7 Å². The number of aliphatic hydroxyl groups is 1. The monoisotopic (exact) mass is 249 g/mol. The molecule has 0 aromatic heterocycles. The summed E-state index contributed by atoms with van der Waals surface area (Å²) >= 11 is 9.07. The first-order valence-corrected chi connectivity index (χ1v) is 4.63. The van der Waals surface area contributed by atoms with Crippen LogP contribution in [0.5, 0.6) is 0 Å². The maximum Gasteiger partial charge on any atom is 0.0624 e. The van der Waals surface area contributed by atoms with E-state index < -0.39 is 0 Å². The average Bonchev–Trinajstić information content (AvgIpc) is 2.01. The van der Waals surface area contributed by atoms with Gasteiger partial charge in [0.15, 0.2) is 0 Å². The van der Waals surface area contributed by atoms with E-state index in [-0.39, 0.29) is 12.6 Å². The van der Waals surface area contributed by atoms with E-state index in [0.717, 1.165) is 10.0 Å². The molecule has 12 heavy (non-hydrogen) atoms. The molecular weight excluding hydrogens is 241 g/mol. The Kier molecular flexibility index (Phi) is 3.53. The lowest BCUT2D eigenvalue weighted by molar-refractivity contribution is 0.268. The molecule has 1 rings (SSSR count). The van der Waals surface area contributed by atoms with Gasteiger partial charge in [-0.25, -0.2) is 0 Å². The summed E-state index contributed by atoms with van der Waals surface area (Å²) in [6.45, 7) is -0.0766. The summed E-state index contributed by atoms with van der Waals surface area (Å²) < 4.78 is 0.869. The first-order chi connectivity index (χ1) is 5.63. The van der Waals surface area contributed by atoms with Crippen LogP contribution in [0.4, 0.5) is 0 Å². The van der Waals surface area contributed by atoms with Crippen LogP contribution in [0.2, 0.25) is 5.02 Å². The predicted octanol–water partition coefficient (Wildman–Crippen LogP) is 2.09. The number of nitrogens with two attached hydrogens (primary N) is 1. The van der Waals surface area contributed by atoms with Gasteiger partial charge in [-0.3, -0.25) is 0 Å². The Balaban J connectivity index is 3.00. The van der Waals surface area contributed by atoms with E-state index in [2.05, 4.69) is 15.9 Å². The molecule has 0 unspecified atom stereocenters. The number of hydrogen-bond donors (Lipinski definition) is 2. The van der Waals surface area contributed by atoms with Crippen molar-refractivity contribution >= 4 is 27.5 Å². The predicted molar refractivity (Wildman–Crippen MR) is 53.2 cm³/mol. The third-order valence-corrected chi connectivity index (χ3v) is 2.19. The van der Waals surface area contributed by atoms with Crippen molar-refractivity contribution in [1.82, 2.24) is 0 Å². The molecule has 0 aliphatic rings. The SMILES string of the molecule is N[C@H](CO)c1cc(Cl)cc(Br)c1. The van der Waals surface area contributed by atoms with Gasteiger partial charge in [0.1, 0.15) is 0 Å². The molecule has 0 amide bonds. The Morgan fingerprint density at radius 3 is 2.67 bits per heavy atom. The van der Waals surface area contributed by atoms with Gasteiger partial charge < -0.3 is 10.8 Å². The standard InChI is InChI=1S/C8H9BrClNO/c9-6-1-5(8(11)4-12)2-7(10)3-6/h1-3,8,12H,4,11H2/t8-/m1/s1. The van der Waals surface area contributed by atoms with Gasteiger partial charge >= 0.3 is 0 Å². The van der Waals surface area contributed by atoms with E-state index in [9.17, 15) is 0 Å². The molecule has 0 bridgehead atoms. The van der Waals surface area contributed by atoms with Crippen molar-refractivity contribution in [1.29, 1.82) is 0 Å². The van der Waals surface area contributed by atoms with Gasteiger partial charge in [-0.2, -0.15) is 0 Å². The Morgan fingerprint density at radius 1 is 1.50 bits per heavy atom. The zero-order chi connectivity index (χ0) is 9.14. The van der Waals surface area contributed by atoms with Gasteiger partial charge in [0.25, 0.3) is 0 Å². The highest BCUT2D eigenvalue weighted by Gasteiger charge is 2.05. The summed E-state index contributed by atoms with van der Waals surface area (Å²) in [5.74, 6) is 0. The summed E-state index contributed by atoms with van der Waals surface area (Å²) in [6, 6.07) is 5.00. The Hall–Kier alpha value is -0.0900. The molecule has 1 aromatic rings. The summed E-state index contributed by atoms with van der Waals surface area (Å²) in [5.41, 5.74) is 6.43. The molecular formula is C8H9BrClNO. The van der Waals surface area contributed by atoms with Crippen LogP contribution in [-0.4, -0.2) is 11.7 Å². The van der Waals surface area contributed by atoms with Crippen LogP contribution in [-0.2, 0) is 0 Å². The number of halogens is 2. The molecule has 0 aliphatic heterocycles. The van der Waals surface area contributed by atoms with Crippen molar-refractivity contribution in [3.63, 3.8) is 0 Å². The second-order valence-electron chi connectivity index (χ2n) is 2.49. The minimum atomic E-state index is -0.361. The zero-order valence-electron chi connectivity index (χ0n) is 6.30. The number of benzene rings is 1. The molecule has 0 heterocycles. The molecule has 0 aliphatic carbocycles. The van der Waals surface area contributed by atoms with E-state index >= 15 is 0 Å². The largest absolute Gasteiger partial charge is 0.394 e. The van der Waals surface area contributed by atoms with E-state index in [1.165, 1.54) is 0 Å². The van der Waals surface area contributed by atoms with Gasteiger partial charge in [-0.05, 0) is 23.8 Å². The van der Waals surface area contributed by atoms with Gasteiger partial charge in [-0.1, -0.05) is 27.5 Å². The molecule has 3 N–H and O–H groups in total. The average molecular weight is 251 g/mol. The lowest BCUT2D eigenvalue weighted by Gasteiger charge is -2.08. The molecule has 1 aromatic carbocycles. The second kappa shape index (κ2) is 4.23. The second-order valence-corrected chi connectivity index (χ2v) is 3.84. The molecule has 0 saturated heterocycles. The fourth-order valence-electron chi connectivity index (χ4n) is 0.895. The number of rotatable bonds is 2. The van der Waals surface area contributed by atoms with Crippen LogP contribution < -0.4 is 5.73 Å². The first-order valence-electron chi connectivity index (χ1n) is 3.46. The van der Waals surface area contributed by atoms with Crippen molar-refractivity contribution in [2.75, 3.05) is 6.61 Å². The maximum absolute atomic E-state index is 8.79. The molecule has 1 atom stereocenters. The molecule has 0 saturated carbocycles. The van der Waals surface area contributed by atoms with Crippen LogP contribution in [0.25, 0.3) is 0 Å². The summed E-state index contributed by atoms with van der Waals surface area (Å²) in [7, 11) is 0. The molecule has 0 radical (unpaired) electrons. The Labute approximate surface area is 84.5 Å². The Bertz CT molecular complexity index is 260. The fourth-order valence-corrected chi connectivity index (χ4v) is 1.78. The maximum atomic E-state index is 8.79. The van der Waals surface area contributed by atoms with Crippen LogP contribution in [0, 0.1) is 0 Å². The minimum absolute atomic E-state index is 0.0766. The normalized spacial score (nSPS) is 13.0. The van der Waals surface area contributed by atoms with Crippen LogP contribution in [0.1, 0.15) is 11.6 Å². The highest BCUT2D eigenvalue weighted by atomic mass is 79.9. The van der Waals surface area contributed by atoms with Gasteiger partial charge in [-0.15, -0.1) is 0 Å². The quantitative estimate of drug-likeness (QED) is 0.844. The summed E-state index contributed by atoms with van der Waals surface area (Å²) in [4.78, 5) is 0. The van der Waals surface area contributed by atoms with E-state index in [1.54, 1.807) is 12.1 Å². The number of hydrogen-bond acceptors (Lipinski definition) is 2. The number of aliphatic hydroxyl groups excluding tert-OH is 1. The zero-order valence-corrected chi connectivity index (χ0v) is 8.64. The molecule has 2 nitrogen and oxygen atoms in total. The van der Waals surface area contributed by atoms with Gasteiger partial charge in [0.05, 0.1) is 12.6 Å². The van der Waals surface area contributed by atoms with E-state index in [4.69, 9.17) is 22.4 Å². The molecule has 4 heteroatoms. The fraction of sp³-hybridized carbons (Fsp3) is 0.250. The van der Waals surface area contributed by atoms with Crippen molar-refractivity contribution in [2.45, 2.75) is 6.04 Å². The lowest BCUT2D eigenvalue weighted by atomic mass is 10.1. The lowest BCUT2D eigenvalue weighted by Crippen LogP contribution is -2.14. The highest BCUT2D eigenvalue weighted by Crippen LogP contribution is 2.22. The third kappa shape index (κ3) is 2.45. The van der Waals surface area contributed by atoms with Crippen molar-refractivity contribution in [3.8, 4) is 0 Å². The molecule has 0 spiro atoms.